The number of anilines is 1. The summed E-state index contributed by atoms with van der Waals surface area (Å²) in [5.41, 5.74) is -0.452. The molecule has 1 aromatic carbocycles. The van der Waals surface area contributed by atoms with Crippen molar-refractivity contribution in [2.45, 2.75) is 43.7 Å². The summed E-state index contributed by atoms with van der Waals surface area (Å²) in [5, 5.41) is 23.4. The van der Waals surface area contributed by atoms with Gasteiger partial charge < -0.3 is 15.2 Å². The third kappa shape index (κ3) is 3.15. The predicted octanol–water partition coefficient (Wildman–Crippen LogP) is 4.15. The minimum absolute atomic E-state index is 0.136. The van der Waals surface area contributed by atoms with Crippen molar-refractivity contribution in [1.29, 1.82) is 0 Å². The van der Waals surface area contributed by atoms with Crippen LogP contribution in [0.4, 0.5) is 19.0 Å². The average molecular weight is 402 g/mol. The van der Waals surface area contributed by atoms with Crippen LogP contribution in [0.1, 0.15) is 24.8 Å². The molecule has 2 unspecified atom stereocenters. The third-order valence-electron chi connectivity index (χ3n) is 5.59. The summed E-state index contributed by atoms with van der Waals surface area (Å²) in [4.78, 5) is 4.15. The number of aromatic hydroxyl groups is 1. The summed E-state index contributed by atoms with van der Waals surface area (Å²) in [7, 11) is 0. The van der Waals surface area contributed by atoms with Gasteiger partial charge in [0, 0.05) is 28.7 Å². The van der Waals surface area contributed by atoms with Crippen molar-refractivity contribution in [3.63, 3.8) is 0 Å². The number of fused-ring (bicyclic) bond motifs is 3. The van der Waals surface area contributed by atoms with Crippen LogP contribution in [0, 0.1) is 0 Å². The van der Waals surface area contributed by atoms with Gasteiger partial charge in [-0.1, -0.05) is 0 Å². The number of hydrogen-bond donors (Lipinski definition) is 2. The first kappa shape index (κ1) is 18.1. The van der Waals surface area contributed by atoms with Crippen LogP contribution in [0.25, 0.3) is 22.0 Å². The van der Waals surface area contributed by atoms with Crippen LogP contribution >= 0.6 is 0 Å². The maximum atomic E-state index is 12.9. The molecule has 2 saturated heterocycles. The normalized spacial score (nSPS) is 23.6. The molecule has 0 radical (unpaired) electrons. The third-order valence-corrected chi connectivity index (χ3v) is 5.59. The zero-order valence-corrected chi connectivity index (χ0v) is 15.1. The van der Waals surface area contributed by atoms with Crippen molar-refractivity contribution in [3.05, 3.63) is 42.2 Å². The molecule has 0 saturated carbocycles. The lowest BCUT2D eigenvalue weighted by Crippen LogP contribution is -2.31. The number of benzene rings is 1. The zero-order valence-electron chi connectivity index (χ0n) is 15.1. The second-order valence-electron chi connectivity index (χ2n) is 7.41. The summed E-state index contributed by atoms with van der Waals surface area (Å²) < 4.78 is 44.6. The summed E-state index contributed by atoms with van der Waals surface area (Å²) in [6.45, 7) is 0. The highest BCUT2D eigenvalue weighted by molar-refractivity contribution is 6.00. The summed E-state index contributed by atoms with van der Waals surface area (Å²) >= 11 is 0. The number of nitrogens with zero attached hydrogens (tertiary/aromatic N) is 3. The van der Waals surface area contributed by atoms with E-state index in [4.69, 9.17) is 4.74 Å². The van der Waals surface area contributed by atoms with Gasteiger partial charge in [0.1, 0.15) is 11.4 Å². The van der Waals surface area contributed by atoms with E-state index in [1.165, 1.54) is 6.07 Å². The van der Waals surface area contributed by atoms with Crippen molar-refractivity contribution in [1.82, 2.24) is 15.2 Å². The summed E-state index contributed by atoms with van der Waals surface area (Å²) in [5.74, 6) is 0.0406. The SMILES string of the molecule is Oc1cc(C(F)(F)F)ccc1-c1nnc(N[C@H]2CC3CCC2O3)c2cnccc12. The van der Waals surface area contributed by atoms with E-state index in [-0.39, 0.29) is 23.8 Å². The number of alkyl halides is 3. The fourth-order valence-corrected chi connectivity index (χ4v) is 4.18. The molecular weight excluding hydrogens is 385 g/mol. The number of phenolic OH excluding ortho intramolecular Hbond substituents is 1. The van der Waals surface area contributed by atoms with Gasteiger partial charge in [0.15, 0.2) is 5.82 Å². The minimum atomic E-state index is -4.54. The molecule has 3 aromatic rings. The number of hydrogen-bond acceptors (Lipinski definition) is 6. The first-order valence-electron chi connectivity index (χ1n) is 9.33. The molecule has 2 bridgehead atoms. The molecule has 0 aliphatic carbocycles. The largest absolute Gasteiger partial charge is 0.507 e. The Morgan fingerprint density at radius 1 is 1.10 bits per heavy atom. The lowest BCUT2D eigenvalue weighted by molar-refractivity contribution is -0.137. The maximum Gasteiger partial charge on any atom is 0.416 e. The molecule has 2 aromatic heterocycles. The molecule has 2 fully saturated rings. The number of pyridine rings is 1. The van der Waals surface area contributed by atoms with Crippen LogP contribution in [0.3, 0.4) is 0 Å². The van der Waals surface area contributed by atoms with Gasteiger partial charge in [-0.3, -0.25) is 4.98 Å². The molecular formula is C20H17F3N4O2. The number of rotatable bonds is 3. The van der Waals surface area contributed by atoms with E-state index in [1.54, 1.807) is 18.5 Å². The van der Waals surface area contributed by atoms with E-state index < -0.39 is 17.5 Å². The highest BCUT2D eigenvalue weighted by atomic mass is 19.4. The van der Waals surface area contributed by atoms with Crippen molar-refractivity contribution in [2.75, 3.05) is 5.32 Å². The van der Waals surface area contributed by atoms with Crippen molar-refractivity contribution < 1.29 is 23.0 Å². The van der Waals surface area contributed by atoms with Crippen molar-refractivity contribution >= 4 is 16.6 Å². The molecule has 2 aliphatic rings. The number of aromatic nitrogens is 3. The Balaban J connectivity index is 1.55. The van der Waals surface area contributed by atoms with E-state index in [1.807, 2.05) is 0 Å². The first-order valence-corrected chi connectivity index (χ1v) is 9.33. The maximum absolute atomic E-state index is 12.9. The molecule has 4 heterocycles. The molecule has 3 atom stereocenters. The molecule has 2 aliphatic heterocycles. The van der Waals surface area contributed by atoms with Gasteiger partial charge in [0.05, 0.1) is 23.8 Å². The number of ether oxygens (including phenoxy) is 1. The minimum Gasteiger partial charge on any atom is -0.507 e. The Hall–Kier alpha value is -2.94. The molecule has 5 rings (SSSR count). The van der Waals surface area contributed by atoms with Crippen LogP contribution in [-0.4, -0.2) is 38.5 Å². The lowest BCUT2D eigenvalue weighted by atomic mass is 9.95. The molecule has 0 spiro atoms. The van der Waals surface area contributed by atoms with Gasteiger partial charge >= 0.3 is 6.18 Å². The molecule has 150 valence electrons. The second kappa shape index (κ2) is 6.55. The van der Waals surface area contributed by atoms with Crippen LogP contribution in [0.2, 0.25) is 0 Å². The Labute approximate surface area is 163 Å². The van der Waals surface area contributed by atoms with Crippen LogP contribution in [0.5, 0.6) is 5.75 Å². The van der Waals surface area contributed by atoms with E-state index in [0.717, 1.165) is 25.3 Å². The lowest BCUT2D eigenvalue weighted by Gasteiger charge is -2.21. The van der Waals surface area contributed by atoms with Gasteiger partial charge in [-0.15, -0.1) is 10.2 Å². The van der Waals surface area contributed by atoms with Crippen molar-refractivity contribution in [2.24, 2.45) is 0 Å². The van der Waals surface area contributed by atoms with Crippen molar-refractivity contribution in [3.8, 4) is 17.0 Å². The molecule has 2 N–H and O–H groups in total. The smallest absolute Gasteiger partial charge is 0.416 e. The summed E-state index contributed by atoms with van der Waals surface area (Å²) in [6, 6.07) is 4.67. The Morgan fingerprint density at radius 2 is 1.97 bits per heavy atom. The number of halogens is 3. The van der Waals surface area contributed by atoms with E-state index in [0.29, 0.717) is 28.4 Å². The van der Waals surface area contributed by atoms with E-state index >= 15 is 0 Å². The predicted molar refractivity (Wildman–Crippen MR) is 99.4 cm³/mol. The molecule has 9 heteroatoms. The van der Waals surface area contributed by atoms with Crippen LogP contribution < -0.4 is 5.32 Å². The highest BCUT2D eigenvalue weighted by Gasteiger charge is 2.41. The zero-order chi connectivity index (χ0) is 20.2. The van der Waals surface area contributed by atoms with Gasteiger partial charge in [-0.05, 0) is 43.5 Å². The topological polar surface area (TPSA) is 80.2 Å². The molecule has 6 nitrogen and oxygen atoms in total. The quantitative estimate of drug-likeness (QED) is 0.685. The standard InChI is InChI=1S/C20H17F3N4O2/c21-20(22,23)10-1-3-13(16(28)7-10)18-12-5-6-24-9-14(12)19(27-26-18)25-15-8-11-2-4-17(15)29-11/h1,3,5-7,9,11,15,17,28H,2,4,8H2,(H,25,27)/t11?,15-,17?/m0/s1. The summed E-state index contributed by atoms with van der Waals surface area (Å²) in [6.07, 6.45) is 2.06. The Kier molecular flexibility index (Phi) is 4.09. The number of nitrogens with one attached hydrogen (secondary N) is 1. The van der Waals surface area contributed by atoms with Gasteiger partial charge in [-0.2, -0.15) is 13.2 Å². The monoisotopic (exact) mass is 402 g/mol. The Morgan fingerprint density at radius 3 is 2.66 bits per heavy atom. The first-order chi connectivity index (χ1) is 13.9. The molecule has 29 heavy (non-hydrogen) atoms. The van der Waals surface area contributed by atoms with Gasteiger partial charge in [0.25, 0.3) is 0 Å². The Bertz CT molecular complexity index is 1090. The number of phenols is 1. The van der Waals surface area contributed by atoms with Gasteiger partial charge in [0.2, 0.25) is 0 Å². The fraction of sp³-hybridized carbons (Fsp3) is 0.350. The second-order valence-corrected chi connectivity index (χ2v) is 7.41. The fourth-order valence-electron chi connectivity index (χ4n) is 4.18. The van der Waals surface area contributed by atoms with E-state index in [9.17, 15) is 18.3 Å². The average Bonchev–Trinajstić information content (AvgIpc) is 3.31. The van der Waals surface area contributed by atoms with Crippen LogP contribution in [0.15, 0.2) is 36.7 Å². The van der Waals surface area contributed by atoms with E-state index in [2.05, 4.69) is 20.5 Å². The molecule has 0 amide bonds. The van der Waals surface area contributed by atoms with Crippen LogP contribution in [-0.2, 0) is 10.9 Å². The highest BCUT2D eigenvalue weighted by Crippen LogP contribution is 2.40. The van der Waals surface area contributed by atoms with Gasteiger partial charge in [-0.25, -0.2) is 0 Å².